The molecule has 8 heteroatoms. The van der Waals surface area contributed by atoms with Gasteiger partial charge in [-0.1, -0.05) is 12.1 Å². The van der Waals surface area contributed by atoms with Gasteiger partial charge in [-0.05, 0) is 68.4 Å². The van der Waals surface area contributed by atoms with E-state index in [1.54, 1.807) is 29.4 Å². The molecule has 0 amide bonds. The normalized spacial score (nSPS) is 16.3. The van der Waals surface area contributed by atoms with Crippen LogP contribution in [-0.2, 0) is 23.3 Å². The van der Waals surface area contributed by atoms with Crippen molar-refractivity contribution in [2.24, 2.45) is 0 Å². The minimum Gasteiger partial charge on any atom is -0.491 e. The maximum Gasteiger partial charge on any atom is 0.133 e. The summed E-state index contributed by atoms with van der Waals surface area (Å²) in [5, 5.41) is 2.30. The lowest BCUT2D eigenvalue weighted by molar-refractivity contribution is 0.122. The zero-order valence-electron chi connectivity index (χ0n) is 20.2. The average molecular weight is 507 g/mol. The maximum atomic E-state index is 5.78. The number of rotatable bonds is 6. The number of pyridine rings is 1. The Morgan fingerprint density at radius 3 is 2.60 bits per heavy atom. The molecule has 35 heavy (non-hydrogen) atoms. The second-order valence-corrected chi connectivity index (χ2v) is 11.4. The topological polar surface area (TPSA) is 60.4 Å². The molecule has 4 heterocycles. The lowest BCUT2D eigenvalue weighted by atomic mass is 9.90. The SMILES string of the molecule is CC(C)Oc1ccc(CSc2ncnc3c2sc2nc(N4CCOCC4)c4c(c23)CCCC4)cc1. The Morgan fingerprint density at radius 1 is 1.06 bits per heavy atom. The Bertz CT molecular complexity index is 1350. The van der Waals surface area contributed by atoms with E-state index in [9.17, 15) is 0 Å². The number of benzene rings is 1. The van der Waals surface area contributed by atoms with E-state index in [4.69, 9.17) is 19.4 Å². The Labute approximate surface area is 214 Å². The summed E-state index contributed by atoms with van der Waals surface area (Å²) in [5.41, 5.74) is 5.22. The lowest BCUT2D eigenvalue weighted by Gasteiger charge is -2.31. The largest absolute Gasteiger partial charge is 0.491 e. The molecule has 6 nitrogen and oxygen atoms in total. The van der Waals surface area contributed by atoms with Crippen molar-refractivity contribution in [2.75, 3.05) is 31.2 Å². The number of thioether (sulfide) groups is 1. The molecule has 1 saturated heterocycles. The molecular formula is C27H30N4O2S2. The van der Waals surface area contributed by atoms with Gasteiger partial charge in [0.1, 0.15) is 27.8 Å². The van der Waals surface area contributed by atoms with Gasteiger partial charge in [-0.3, -0.25) is 0 Å². The minimum atomic E-state index is 0.181. The molecule has 0 bridgehead atoms. The van der Waals surface area contributed by atoms with E-state index in [-0.39, 0.29) is 6.10 Å². The van der Waals surface area contributed by atoms with Crippen molar-refractivity contribution in [1.82, 2.24) is 15.0 Å². The number of nitrogens with zero attached hydrogens (tertiary/aromatic N) is 4. The average Bonchev–Trinajstić information content (AvgIpc) is 3.27. The van der Waals surface area contributed by atoms with E-state index in [1.165, 1.54) is 40.7 Å². The predicted octanol–water partition coefficient (Wildman–Crippen LogP) is 6.03. The fourth-order valence-electron chi connectivity index (χ4n) is 5.05. The minimum absolute atomic E-state index is 0.181. The molecule has 1 aliphatic heterocycles. The van der Waals surface area contributed by atoms with Gasteiger partial charge in [0.25, 0.3) is 0 Å². The van der Waals surface area contributed by atoms with E-state index in [1.807, 2.05) is 26.0 Å². The summed E-state index contributed by atoms with van der Waals surface area (Å²) in [6, 6.07) is 8.38. The van der Waals surface area contributed by atoms with Gasteiger partial charge in [0.05, 0.1) is 29.5 Å². The second kappa shape index (κ2) is 9.91. The maximum absolute atomic E-state index is 5.78. The molecular weight excluding hydrogens is 476 g/mol. The van der Waals surface area contributed by atoms with Crippen LogP contribution >= 0.6 is 23.1 Å². The third kappa shape index (κ3) is 4.59. The molecule has 1 fully saturated rings. The first-order chi connectivity index (χ1) is 17.2. The van der Waals surface area contributed by atoms with Crippen LogP contribution in [0.25, 0.3) is 20.4 Å². The van der Waals surface area contributed by atoms with Gasteiger partial charge in [0, 0.05) is 24.2 Å². The van der Waals surface area contributed by atoms with Crippen molar-refractivity contribution < 1.29 is 9.47 Å². The number of thiophene rings is 1. The van der Waals surface area contributed by atoms with Crippen LogP contribution in [0.15, 0.2) is 35.6 Å². The van der Waals surface area contributed by atoms with E-state index < -0.39 is 0 Å². The van der Waals surface area contributed by atoms with Crippen LogP contribution < -0.4 is 9.64 Å². The summed E-state index contributed by atoms with van der Waals surface area (Å²) in [6.07, 6.45) is 6.58. The molecule has 1 aromatic carbocycles. The molecule has 0 N–H and O–H groups in total. The van der Waals surface area contributed by atoms with Crippen molar-refractivity contribution in [3.63, 3.8) is 0 Å². The number of aryl methyl sites for hydroxylation is 1. The van der Waals surface area contributed by atoms with Gasteiger partial charge in [-0.2, -0.15) is 0 Å². The van der Waals surface area contributed by atoms with Gasteiger partial charge < -0.3 is 14.4 Å². The fraction of sp³-hybridized carbons (Fsp3) is 0.444. The fourth-order valence-corrected chi connectivity index (χ4v) is 7.23. The Kier molecular flexibility index (Phi) is 6.52. The zero-order valence-corrected chi connectivity index (χ0v) is 21.9. The van der Waals surface area contributed by atoms with Crippen LogP contribution in [0.5, 0.6) is 5.75 Å². The van der Waals surface area contributed by atoms with Gasteiger partial charge in [0.2, 0.25) is 0 Å². The Hall–Kier alpha value is -2.42. The van der Waals surface area contributed by atoms with Crippen molar-refractivity contribution in [1.29, 1.82) is 0 Å². The van der Waals surface area contributed by atoms with Crippen LogP contribution in [0.4, 0.5) is 5.82 Å². The highest BCUT2D eigenvalue weighted by molar-refractivity contribution is 7.98. The Balaban J connectivity index is 1.35. The lowest BCUT2D eigenvalue weighted by Crippen LogP contribution is -2.37. The molecule has 182 valence electrons. The smallest absolute Gasteiger partial charge is 0.133 e. The molecule has 6 rings (SSSR count). The zero-order chi connectivity index (χ0) is 23.8. The molecule has 4 aromatic rings. The predicted molar refractivity (Wildman–Crippen MR) is 144 cm³/mol. The van der Waals surface area contributed by atoms with Gasteiger partial charge in [-0.25, -0.2) is 15.0 Å². The van der Waals surface area contributed by atoms with Crippen molar-refractivity contribution in [3.05, 3.63) is 47.3 Å². The van der Waals surface area contributed by atoms with Crippen molar-refractivity contribution in [3.8, 4) is 5.75 Å². The number of aromatic nitrogens is 3. The number of hydrogen-bond acceptors (Lipinski definition) is 8. The second-order valence-electron chi connectivity index (χ2n) is 9.44. The first-order valence-electron chi connectivity index (χ1n) is 12.5. The number of fused-ring (bicyclic) bond motifs is 5. The molecule has 0 saturated carbocycles. The van der Waals surface area contributed by atoms with E-state index >= 15 is 0 Å². The van der Waals surface area contributed by atoms with Crippen LogP contribution in [0.3, 0.4) is 0 Å². The quantitative estimate of drug-likeness (QED) is 0.234. The van der Waals surface area contributed by atoms with Crippen molar-refractivity contribution >= 4 is 49.3 Å². The molecule has 3 aromatic heterocycles. The van der Waals surface area contributed by atoms with Gasteiger partial charge in [-0.15, -0.1) is 23.1 Å². The summed E-state index contributed by atoms with van der Waals surface area (Å²) < 4.78 is 12.5. The van der Waals surface area contributed by atoms with Gasteiger partial charge >= 0.3 is 0 Å². The highest BCUT2D eigenvalue weighted by Crippen LogP contribution is 2.43. The molecule has 2 aliphatic rings. The molecule has 0 atom stereocenters. The first-order valence-corrected chi connectivity index (χ1v) is 14.3. The van der Waals surface area contributed by atoms with E-state index in [2.05, 4.69) is 22.0 Å². The van der Waals surface area contributed by atoms with Crippen LogP contribution in [-0.4, -0.2) is 47.4 Å². The number of ether oxygens (including phenoxy) is 2. The summed E-state index contributed by atoms with van der Waals surface area (Å²) in [4.78, 5) is 18.2. The number of morpholine rings is 1. The summed E-state index contributed by atoms with van der Waals surface area (Å²) in [6.45, 7) is 7.47. The summed E-state index contributed by atoms with van der Waals surface area (Å²) in [5.74, 6) is 2.94. The van der Waals surface area contributed by atoms with Crippen LogP contribution in [0.1, 0.15) is 43.4 Å². The first kappa shape index (κ1) is 23.0. The van der Waals surface area contributed by atoms with Crippen molar-refractivity contribution in [2.45, 2.75) is 56.4 Å². The third-order valence-corrected chi connectivity index (χ3v) is 8.92. The van der Waals surface area contributed by atoms with Gasteiger partial charge in [0.15, 0.2) is 0 Å². The number of anilines is 1. The monoisotopic (exact) mass is 506 g/mol. The Morgan fingerprint density at radius 2 is 1.83 bits per heavy atom. The summed E-state index contributed by atoms with van der Waals surface area (Å²) >= 11 is 3.52. The molecule has 1 aliphatic carbocycles. The molecule has 0 spiro atoms. The summed E-state index contributed by atoms with van der Waals surface area (Å²) in [7, 11) is 0. The highest BCUT2D eigenvalue weighted by atomic mass is 32.2. The van der Waals surface area contributed by atoms with Crippen LogP contribution in [0.2, 0.25) is 0 Å². The number of hydrogen-bond donors (Lipinski definition) is 0. The van der Waals surface area contributed by atoms with E-state index in [0.717, 1.165) is 70.7 Å². The molecule has 0 radical (unpaired) electrons. The standard InChI is InChI=1S/C27H30N4O2S2/c1-17(2)33-19-9-7-18(8-10-19)15-34-27-24-23(28-16-29-27)22-20-5-3-4-6-21(20)25(30-26(22)35-24)31-11-13-32-14-12-31/h7-10,16-17H,3-6,11-15H2,1-2H3. The highest BCUT2D eigenvalue weighted by Gasteiger charge is 2.26. The van der Waals surface area contributed by atoms with E-state index in [0.29, 0.717) is 0 Å². The third-order valence-electron chi connectivity index (χ3n) is 6.65. The molecule has 0 unspecified atom stereocenters. The van der Waals surface area contributed by atoms with Crippen LogP contribution in [0, 0.1) is 0 Å².